The molecule has 1 aliphatic rings. The van der Waals surface area contributed by atoms with Gasteiger partial charge >= 0.3 is 0 Å². The molecule has 0 amide bonds. The van der Waals surface area contributed by atoms with Gasteiger partial charge in [0.15, 0.2) is 0 Å². The Hall–Kier alpha value is -0.550. The van der Waals surface area contributed by atoms with E-state index in [1.54, 1.807) is 0 Å². The molecule has 0 N–H and O–H groups in total. The highest BCUT2D eigenvalue weighted by Gasteiger charge is 2.39. The van der Waals surface area contributed by atoms with Crippen molar-refractivity contribution in [2.45, 2.75) is 65.0 Å². The summed E-state index contributed by atoms with van der Waals surface area (Å²) in [7, 11) is 0. The maximum atomic E-state index is 8.86. The average Bonchev–Trinajstić information content (AvgIpc) is 2.20. The van der Waals surface area contributed by atoms with Crippen LogP contribution in [0.15, 0.2) is 0 Å². The van der Waals surface area contributed by atoms with Crippen LogP contribution in [0.4, 0.5) is 0 Å². The molecule has 1 aliphatic heterocycles. The first-order valence-corrected chi connectivity index (χ1v) is 6.17. The van der Waals surface area contributed by atoms with E-state index in [1.165, 1.54) is 25.8 Å². The normalized spacial score (nSPS) is 28.3. The van der Waals surface area contributed by atoms with Crippen LogP contribution in [-0.2, 0) is 0 Å². The quantitative estimate of drug-likeness (QED) is 0.712. The zero-order valence-corrected chi connectivity index (χ0v) is 10.6. The van der Waals surface area contributed by atoms with Crippen molar-refractivity contribution in [2.24, 2.45) is 5.92 Å². The monoisotopic (exact) mass is 208 g/mol. The minimum Gasteiger partial charge on any atom is -0.295 e. The van der Waals surface area contributed by atoms with Gasteiger partial charge in [-0.2, -0.15) is 5.26 Å². The minimum atomic E-state index is 0.198. The number of rotatable bonds is 3. The molecule has 1 heterocycles. The Bertz CT molecular complexity index is 239. The van der Waals surface area contributed by atoms with E-state index < -0.39 is 0 Å². The van der Waals surface area contributed by atoms with Crippen LogP contribution in [0.1, 0.15) is 53.4 Å². The highest BCUT2D eigenvalue weighted by molar-refractivity contribution is 4.97. The molecule has 0 radical (unpaired) electrons. The summed E-state index contributed by atoms with van der Waals surface area (Å²) < 4.78 is 0. The van der Waals surface area contributed by atoms with Crippen LogP contribution < -0.4 is 0 Å². The molecule has 0 aromatic heterocycles. The first-order valence-electron chi connectivity index (χ1n) is 6.17. The largest absolute Gasteiger partial charge is 0.295 e. The molecule has 0 aromatic rings. The van der Waals surface area contributed by atoms with Crippen LogP contribution in [0.25, 0.3) is 0 Å². The Morgan fingerprint density at radius 2 is 2.20 bits per heavy atom. The Morgan fingerprint density at radius 1 is 1.53 bits per heavy atom. The Labute approximate surface area is 94.3 Å². The zero-order chi connectivity index (χ0) is 11.5. The predicted molar refractivity (Wildman–Crippen MR) is 63.5 cm³/mol. The summed E-state index contributed by atoms with van der Waals surface area (Å²) in [5.41, 5.74) is 0.198. The Balaban J connectivity index is 2.77. The summed E-state index contributed by atoms with van der Waals surface area (Å²) in [6.07, 6.45) is 4.37. The first kappa shape index (κ1) is 12.5. The van der Waals surface area contributed by atoms with E-state index in [1.807, 2.05) is 0 Å². The fourth-order valence-corrected chi connectivity index (χ4v) is 2.85. The molecule has 0 bridgehead atoms. The van der Waals surface area contributed by atoms with Gasteiger partial charge in [0, 0.05) is 18.0 Å². The van der Waals surface area contributed by atoms with Gasteiger partial charge < -0.3 is 0 Å². The van der Waals surface area contributed by atoms with Crippen LogP contribution in [0.2, 0.25) is 0 Å². The third-order valence-corrected chi connectivity index (χ3v) is 4.15. The second-order valence-corrected chi connectivity index (χ2v) is 5.31. The second-order valence-electron chi connectivity index (χ2n) is 5.31. The summed E-state index contributed by atoms with van der Waals surface area (Å²) in [5.74, 6) is 0.547. The van der Waals surface area contributed by atoms with E-state index in [9.17, 15) is 0 Å². The van der Waals surface area contributed by atoms with Crippen LogP contribution >= 0.6 is 0 Å². The number of hydrogen-bond donors (Lipinski definition) is 0. The summed E-state index contributed by atoms with van der Waals surface area (Å²) in [5, 5.41) is 8.86. The molecular formula is C13H24N2. The predicted octanol–water partition coefficient (Wildman–Crippen LogP) is 3.19. The first-order chi connectivity index (χ1) is 7.04. The molecule has 2 heteroatoms. The molecule has 0 aliphatic carbocycles. The number of nitriles is 1. The van der Waals surface area contributed by atoms with E-state index in [0.717, 1.165) is 0 Å². The molecule has 2 nitrogen and oxygen atoms in total. The molecule has 0 spiro atoms. The van der Waals surface area contributed by atoms with Crippen molar-refractivity contribution >= 4 is 0 Å². The molecule has 2 unspecified atom stereocenters. The smallest absolute Gasteiger partial charge is 0.0625 e. The summed E-state index contributed by atoms with van der Waals surface area (Å²) in [6.45, 7) is 10.4. The van der Waals surface area contributed by atoms with Crippen LogP contribution in [0.5, 0.6) is 0 Å². The van der Waals surface area contributed by atoms with Crippen LogP contribution in [-0.4, -0.2) is 23.0 Å². The molecule has 86 valence electrons. The van der Waals surface area contributed by atoms with Gasteiger partial charge in [-0.25, -0.2) is 0 Å². The number of likely N-dealkylation sites (tertiary alicyclic amines) is 1. The van der Waals surface area contributed by atoms with Gasteiger partial charge in [0.1, 0.15) is 0 Å². The maximum absolute atomic E-state index is 8.86. The minimum absolute atomic E-state index is 0.198. The van der Waals surface area contributed by atoms with Crippen molar-refractivity contribution in [3.8, 4) is 6.07 Å². The number of piperidine rings is 1. The fraction of sp³-hybridized carbons (Fsp3) is 0.923. The topological polar surface area (TPSA) is 27.0 Å². The third kappa shape index (κ3) is 2.52. The SMILES string of the molecule is CCC(C)N1CCCC(CC#N)C1(C)C. The van der Waals surface area contributed by atoms with Crippen molar-refractivity contribution in [2.75, 3.05) is 6.54 Å². The van der Waals surface area contributed by atoms with Gasteiger partial charge in [0.05, 0.1) is 6.07 Å². The Morgan fingerprint density at radius 3 is 2.73 bits per heavy atom. The van der Waals surface area contributed by atoms with E-state index in [2.05, 4.69) is 38.7 Å². The maximum Gasteiger partial charge on any atom is 0.0625 e. The molecule has 15 heavy (non-hydrogen) atoms. The van der Waals surface area contributed by atoms with Gasteiger partial charge in [-0.1, -0.05) is 6.92 Å². The standard InChI is InChI=1S/C13H24N2/c1-5-11(2)15-10-6-7-12(8-9-14)13(15,3)4/h11-12H,5-8,10H2,1-4H3. The summed E-state index contributed by atoms with van der Waals surface area (Å²) >= 11 is 0. The molecule has 0 aromatic carbocycles. The van der Waals surface area contributed by atoms with Gasteiger partial charge in [0.25, 0.3) is 0 Å². The lowest BCUT2D eigenvalue weighted by atomic mass is 9.76. The van der Waals surface area contributed by atoms with Crippen molar-refractivity contribution in [1.82, 2.24) is 4.90 Å². The molecule has 0 saturated carbocycles. The molecule has 2 atom stereocenters. The van der Waals surface area contributed by atoms with Crippen molar-refractivity contribution < 1.29 is 0 Å². The lowest BCUT2D eigenvalue weighted by Gasteiger charge is -2.50. The number of hydrogen-bond acceptors (Lipinski definition) is 2. The second kappa shape index (κ2) is 4.99. The molecular weight excluding hydrogens is 184 g/mol. The third-order valence-electron chi connectivity index (χ3n) is 4.15. The number of nitrogens with zero attached hydrogens (tertiary/aromatic N) is 2. The average molecular weight is 208 g/mol. The van der Waals surface area contributed by atoms with Gasteiger partial charge in [-0.3, -0.25) is 4.90 Å². The summed E-state index contributed by atoms with van der Waals surface area (Å²) in [6, 6.07) is 2.98. The van der Waals surface area contributed by atoms with Gasteiger partial charge in [0.2, 0.25) is 0 Å². The molecule has 1 rings (SSSR count). The lowest BCUT2D eigenvalue weighted by Crippen LogP contribution is -2.56. The highest BCUT2D eigenvalue weighted by atomic mass is 15.2. The molecule has 1 fully saturated rings. The summed E-state index contributed by atoms with van der Waals surface area (Å²) in [4.78, 5) is 2.60. The highest BCUT2D eigenvalue weighted by Crippen LogP contribution is 2.36. The van der Waals surface area contributed by atoms with Crippen molar-refractivity contribution in [3.05, 3.63) is 0 Å². The Kier molecular flexibility index (Phi) is 4.16. The van der Waals surface area contributed by atoms with Crippen molar-refractivity contribution in [1.29, 1.82) is 5.26 Å². The van der Waals surface area contributed by atoms with Crippen LogP contribution in [0.3, 0.4) is 0 Å². The fourth-order valence-electron chi connectivity index (χ4n) is 2.85. The van der Waals surface area contributed by atoms with E-state index in [0.29, 0.717) is 18.4 Å². The lowest BCUT2D eigenvalue weighted by molar-refractivity contribution is -0.00661. The van der Waals surface area contributed by atoms with E-state index in [-0.39, 0.29) is 5.54 Å². The van der Waals surface area contributed by atoms with E-state index >= 15 is 0 Å². The van der Waals surface area contributed by atoms with Crippen LogP contribution in [0, 0.1) is 17.2 Å². The molecule has 1 saturated heterocycles. The van der Waals surface area contributed by atoms with E-state index in [4.69, 9.17) is 5.26 Å². The zero-order valence-electron chi connectivity index (χ0n) is 10.6. The van der Waals surface area contributed by atoms with Crippen molar-refractivity contribution in [3.63, 3.8) is 0 Å². The van der Waals surface area contributed by atoms with Gasteiger partial charge in [-0.05, 0) is 52.5 Å². The van der Waals surface area contributed by atoms with Gasteiger partial charge in [-0.15, -0.1) is 0 Å².